The number of amides is 1. The van der Waals surface area contributed by atoms with Crippen LogP contribution in [0, 0.1) is 0 Å². The summed E-state index contributed by atoms with van der Waals surface area (Å²) >= 11 is 1.32. The lowest BCUT2D eigenvalue weighted by atomic mass is 10.1. The van der Waals surface area contributed by atoms with Crippen molar-refractivity contribution in [2.24, 2.45) is 5.73 Å². The fourth-order valence-corrected chi connectivity index (χ4v) is 3.49. The first-order valence-corrected chi connectivity index (χ1v) is 6.14. The Labute approximate surface area is 106 Å². The second-order valence-electron chi connectivity index (χ2n) is 4.11. The molecule has 94 valence electrons. The molecule has 7 nitrogen and oxygen atoms in total. The monoisotopic (exact) mass is 266 g/mol. The third kappa shape index (κ3) is 1.46. The highest BCUT2D eigenvalue weighted by Gasteiger charge is 2.50. The lowest BCUT2D eigenvalue weighted by Gasteiger charge is -2.46. The highest BCUT2D eigenvalue weighted by Crippen LogP contribution is 2.47. The number of rotatable bonds is 2. The van der Waals surface area contributed by atoms with Crippen LogP contribution in [-0.4, -0.2) is 37.2 Å². The van der Waals surface area contributed by atoms with Crippen LogP contribution in [0.25, 0.3) is 0 Å². The Morgan fingerprint density at radius 2 is 2.50 bits per heavy atom. The zero-order valence-corrected chi connectivity index (χ0v) is 9.98. The summed E-state index contributed by atoms with van der Waals surface area (Å²) in [7, 11) is 0. The summed E-state index contributed by atoms with van der Waals surface area (Å²) in [6, 6.07) is 0. The molecule has 3 rings (SSSR count). The van der Waals surface area contributed by atoms with Crippen molar-refractivity contribution in [3.8, 4) is 0 Å². The molecule has 2 atom stereocenters. The molecule has 0 radical (unpaired) electrons. The van der Waals surface area contributed by atoms with E-state index in [4.69, 9.17) is 10.8 Å². The Morgan fingerprint density at radius 3 is 3.06 bits per heavy atom. The number of carbonyl (C=O) groups is 2. The smallest absolute Gasteiger partial charge is 0.352 e. The van der Waals surface area contributed by atoms with Crippen molar-refractivity contribution in [1.82, 2.24) is 14.9 Å². The Bertz CT molecular complexity index is 555. The molecule has 4 N–H and O–H groups in total. The number of fused-ring (bicyclic) bond motifs is 1. The van der Waals surface area contributed by atoms with E-state index in [9.17, 15) is 9.59 Å². The van der Waals surface area contributed by atoms with Gasteiger partial charge in [0, 0.05) is 12.4 Å². The third-order valence-electron chi connectivity index (χ3n) is 2.94. The van der Waals surface area contributed by atoms with Crippen LogP contribution in [0.2, 0.25) is 0 Å². The van der Waals surface area contributed by atoms with Crippen LogP contribution in [0.1, 0.15) is 12.2 Å². The maximum Gasteiger partial charge on any atom is 0.352 e. The number of H-pyrrole nitrogens is 1. The van der Waals surface area contributed by atoms with Crippen molar-refractivity contribution >= 4 is 23.6 Å². The molecule has 0 bridgehead atoms. The number of carboxylic acid groups (broad SMARTS) is 1. The minimum absolute atomic E-state index is 0.0751. The van der Waals surface area contributed by atoms with Gasteiger partial charge in [0.1, 0.15) is 16.4 Å². The molecule has 3 heterocycles. The van der Waals surface area contributed by atoms with Crippen molar-refractivity contribution in [3.05, 3.63) is 30.0 Å². The number of nitrogens with one attached hydrogen (secondary N) is 1. The van der Waals surface area contributed by atoms with E-state index >= 15 is 0 Å². The minimum atomic E-state index is -1.16. The van der Waals surface area contributed by atoms with Gasteiger partial charge in [-0.3, -0.25) is 9.69 Å². The van der Waals surface area contributed by atoms with Gasteiger partial charge in [-0.15, -0.1) is 11.8 Å². The molecule has 0 spiro atoms. The van der Waals surface area contributed by atoms with E-state index in [1.807, 2.05) is 0 Å². The predicted molar refractivity (Wildman–Crippen MR) is 63.0 cm³/mol. The fourth-order valence-electron chi connectivity index (χ4n) is 2.07. The van der Waals surface area contributed by atoms with Gasteiger partial charge in [-0.1, -0.05) is 0 Å². The van der Waals surface area contributed by atoms with Gasteiger partial charge in [0.15, 0.2) is 0 Å². The number of carboxylic acids is 1. The van der Waals surface area contributed by atoms with E-state index in [0.717, 1.165) is 0 Å². The summed E-state index contributed by atoms with van der Waals surface area (Å²) in [5, 5.41) is 8.92. The maximum absolute atomic E-state index is 11.4. The van der Waals surface area contributed by atoms with Crippen LogP contribution in [0.4, 0.5) is 0 Å². The number of thioether (sulfide) groups is 1. The number of aromatic amines is 1. The lowest BCUT2D eigenvalue weighted by molar-refractivity contribution is -0.146. The van der Waals surface area contributed by atoms with Gasteiger partial charge in [-0.05, 0) is 6.08 Å². The van der Waals surface area contributed by atoms with Crippen LogP contribution in [0.3, 0.4) is 0 Å². The minimum Gasteiger partial charge on any atom is -0.477 e. The number of aliphatic carboxylic acids is 1. The van der Waals surface area contributed by atoms with Crippen LogP contribution in [0.15, 0.2) is 24.2 Å². The Morgan fingerprint density at radius 1 is 1.72 bits per heavy atom. The molecule has 1 saturated heterocycles. The standard InChI is InChI=1S/C10H10N4O3S/c11-10(9-12-1-2-13-9)4-5(8(16)17)14-6(15)3-7(14)18-10/h1-2,4,7H,3,11H2,(H,12,13)(H,16,17)/t7-,10?/m1/s1. The summed E-state index contributed by atoms with van der Waals surface area (Å²) in [4.78, 5) is 29.8. The van der Waals surface area contributed by atoms with Crippen molar-refractivity contribution in [1.29, 1.82) is 0 Å². The van der Waals surface area contributed by atoms with Crippen LogP contribution in [-0.2, 0) is 14.5 Å². The third-order valence-corrected chi connectivity index (χ3v) is 4.29. The number of nitrogens with zero attached hydrogens (tertiary/aromatic N) is 2. The highest BCUT2D eigenvalue weighted by molar-refractivity contribution is 8.01. The average molecular weight is 266 g/mol. The molecule has 2 aliphatic heterocycles. The van der Waals surface area contributed by atoms with Gasteiger partial charge in [0.2, 0.25) is 5.91 Å². The van der Waals surface area contributed by atoms with E-state index in [-0.39, 0.29) is 17.0 Å². The Hall–Kier alpha value is -1.80. The maximum atomic E-state index is 11.4. The molecule has 18 heavy (non-hydrogen) atoms. The summed E-state index contributed by atoms with van der Waals surface area (Å²) < 4.78 is 0. The number of nitrogens with two attached hydrogens (primary N) is 1. The Balaban J connectivity index is 2.06. The van der Waals surface area contributed by atoms with Crippen LogP contribution >= 0.6 is 11.8 Å². The van der Waals surface area contributed by atoms with E-state index in [2.05, 4.69) is 9.97 Å². The summed E-state index contributed by atoms with van der Waals surface area (Å²) in [5.74, 6) is -0.873. The zero-order chi connectivity index (χ0) is 12.9. The van der Waals surface area contributed by atoms with Gasteiger partial charge in [0.05, 0.1) is 11.8 Å². The number of imidazole rings is 1. The number of carbonyl (C=O) groups excluding carboxylic acids is 1. The van der Waals surface area contributed by atoms with Gasteiger partial charge in [-0.25, -0.2) is 9.78 Å². The van der Waals surface area contributed by atoms with E-state index < -0.39 is 10.8 Å². The molecule has 1 aromatic heterocycles. The summed E-state index contributed by atoms with van der Waals surface area (Å²) in [5.41, 5.74) is 6.10. The molecule has 1 fully saturated rings. The van der Waals surface area contributed by atoms with E-state index in [0.29, 0.717) is 12.2 Å². The van der Waals surface area contributed by atoms with Crippen LogP contribution in [0.5, 0.6) is 0 Å². The molecule has 1 unspecified atom stereocenters. The second-order valence-corrected chi connectivity index (χ2v) is 5.56. The quantitative estimate of drug-likeness (QED) is 0.639. The summed E-state index contributed by atoms with van der Waals surface area (Å²) in [6.07, 6.45) is 4.84. The van der Waals surface area contributed by atoms with Crippen molar-refractivity contribution in [2.75, 3.05) is 0 Å². The van der Waals surface area contributed by atoms with Crippen molar-refractivity contribution < 1.29 is 14.7 Å². The normalized spacial score (nSPS) is 30.5. The van der Waals surface area contributed by atoms with Gasteiger partial charge in [-0.2, -0.15) is 0 Å². The first-order valence-electron chi connectivity index (χ1n) is 5.26. The number of β-lactam (4-membered cyclic amide) rings is 1. The summed E-state index contributed by atoms with van der Waals surface area (Å²) in [6.45, 7) is 0. The molecule has 0 aliphatic carbocycles. The lowest BCUT2D eigenvalue weighted by Crippen LogP contribution is -2.57. The van der Waals surface area contributed by atoms with Gasteiger partial charge >= 0.3 is 5.97 Å². The largest absolute Gasteiger partial charge is 0.477 e. The molecule has 0 saturated carbocycles. The Kier molecular flexibility index (Phi) is 2.26. The average Bonchev–Trinajstić information content (AvgIpc) is 2.80. The first-order chi connectivity index (χ1) is 8.51. The van der Waals surface area contributed by atoms with E-state index in [1.54, 1.807) is 12.4 Å². The van der Waals surface area contributed by atoms with Crippen molar-refractivity contribution in [3.63, 3.8) is 0 Å². The van der Waals surface area contributed by atoms with Gasteiger partial charge < -0.3 is 15.8 Å². The number of hydrogen-bond donors (Lipinski definition) is 3. The molecule has 1 amide bonds. The molecular formula is C10H10N4O3S. The zero-order valence-electron chi connectivity index (χ0n) is 9.16. The van der Waals surface area contributed by atoms with Crippen LogP contribution < -0.4 is 5.73 Å². The molecule has 1 aromatic rings. The molecule has 2 aliphatic rings. The molecule has 8 heteroatoms. The highest BCUT2D eigenvalue weighted by atomic mass is 32.2. The molecule has 0 aromatic carbocycles. The topological polar surface area (TPSA) is 112 Å². The number of hydrogen-bond acceptors (Lipinski definition) is 5. The van der Waals surface area contributed by atoms with Gasteiger partial charge in [0.25, 0.3) is 0 Å². The number of aromatic nitrogens is 2. The molecular weight excluding hydrogens is 256 g/mol. The van der Waals surface area contributed by atoms with E-state index in [1.165, 1.54) is 22.7 Å². The van der Waals surface area contributed by atoms with Crippen molar-refractivity contribution in [2.45, 2.75) is 16.7 Å². The predicted octanol–water partition coefficient (Wildman–Crippen LogP) is -0.205. The SMILES string of the molecule is NC1(c2ncc[nH]2)C=C(C(=O)O)N2C(=O)C[C@H]2S1. The fraction of sp³-hybridized carbons (Fsp3) is 0.300. The first kappa shape index (κ1) is 11.3. The second kappa shape index (κ2) is 3.59.